The summed E-state index contributed by atoms with van der Waals surface area (Å²) in [5, 5.41) is 17.7. The lowest BCUT2D eigenvalue weighted by atomic mass is 9.72. The van der Waals surface area contributed by atoms with Crippen molar-refractivity contribution in [3.05, 3.63) is 95.6 Å². The molecule has 1 unspecified atom stereocenters. The van der Waals surface area contributed by atoms with Crippen molar-refractivity contribution in [1.82, 2.24) is 0 Å². The van der Waals surface area contributed by atoms with E-state index in [2.05, 4.69) is 88.5 Å². The standard InChI is InChI=1S/C37H50O.C4H6O2.CH4O.CH2O/c1-6-8-9-11-28-16-17-33(23-31(28)10-7-2)36-21-20-34-24-32(18-19-35(34)25-36)29-12-14-30(15-13-29)37(26-38-5)22-27(3)4;1-4(2-5)3-6;2*1-2/h16-21,23-25,29-30,37H,3,6-15,22,26H2,1-2,4-5H3;2,6H,1,3H2;2H,1H3;1H2. The summed E-state index contributed by atoms with van der Waals surface area (Å²) in [5.41, 5.74) is 8.82. The molecule has 264 valence electrons. The summed E-state index contributed by atoms with van der Waals surface area (Å²) in [7, 11) is 2.84. The zero-order chi connectivity index (χ0) is 35.9. The summed E-state index contributed by atoms with van der Waals surface area (Å²) < 4.78 is 5.56. The molecule has 0 radical (unpaired) electrons. The Hall–Kier alpha value is -3.38. The molecule has 0 heterocycles. The first kappa shape index (κ1) is 42.6. The number of methoxy groups -OCH3 is 1. The van der Waals surface area contributed by atoms with E-state index < -0.39 is 0 Å². The van der Waals surface area contributed by atoms with Gasteiger partial charge >= 0.3 is 0 Å². The van der Waals surface area contributed by atoms with Crippen LogP contribution in [-0.4, -0.2) is 50.7 Å². The molecule has 3 aromatic carbocycles. The number of allylic oxidation sites excluding steroid dienone is 1. The molecule has 5 nitrogen and oxygen atoms in total. The molecular weight excluding hydrogens is 596 g/mol. The minimum atomic E-state index is -0.233. The fourth-order valence-corrected chi connectivity index (χ4v) is 6.80. The molecule has 2 N–H and O–H groups in total. The van der Waals surface area contributed by atoms with Gasteiger partial charge in [-0.05, 0) is 121 Å². The van der Waals surface area contributed by atoms with Crippen LogP contribution in [0.5, 0.6) is 0 Å². The van der Waals surface area contributed by atoms with Crippen LogP contribution in [0.15, 0.2) is 78.9 Å². The van der Waals surface area contributed by atoms with E-state index in [9.17, 15) is 4.79 Å². The van der Waals surface area contributed by atoms with Crippen molar-refractivity contribution in [1.29, 1.82) is 0 Å². The third-order valence-electron chi connectivity index (χ3n) is 9.24. The summed E-state index contributed by atoms with van der Waals surface area (Å²) in [6.07, 6.45) is 14.3. The van der Waals surface area contributed by atoms with E-state index in [0.29, 0.717) is 18.1 Å². The van der Waals surface area contributed by atoms with Crippen LogP contribution in [0, 0.1) is 11.8 Å². The maximum absolute atomic E-state index is 9.48. The van der Waals surface area contributed by atoms with Gasteiger partial charge in [0.1, 0.15) is 13.1 Å². The number of aliphatic hydroxyl groups excluding tert-OH is 2. The molecule has 3 aromatic rings. The van der Waals surface area contributed by atoms with Gasteiger partial charge < -0.3 is 19.7 Å². The first-order chi connectivity index (χ1) is 23.3. The Morgan fingerprint density at radius 3 is 2.04 bits per heavy atom. The Bertz CT molecular complexity index is 1370. The number of aryl methyl sites for hydroxylation is 2. The highest BCUT2D eigenvalue weighted by Crippen LogP contribution is 2.41. The van der Waals surface area contributed by atoms with E-state index in [4.69, 9.17) is 19.7 Å². The molecule has 1 atom stereocenters. The lowest BCUT2D eigenvalue weighted by Crippen LogP contribution is -2.24. The van der Waals surface area contributed by atoms with E-state index in [0.717, 1.165) is 26.1 Å². The zero-order valence-electron chi connectivity index (χ0n) is 30.4. The molecule has 1 saturated carbocycles. The number of hydrogen-bond donors (Lipinski definition) is 2. The van der Waals surface area contributed by atoms with Crippen molar-refractivity contribution in [3.8, 4) is 11.1 Å². The molecule has 1 aliphatic carbocycles. The molecule has 1 aliphatic rings. The predicted octanol–water partition coefficient (Wildman–Crippen LogP) is 9.85. The lowest BCUT2D eigenvalue weighted by molar-refractivity contribution is -0.105. The van der Waals surface area contributed by atoms with Gasteiger partial charge in [0, 0.05) is 26.4 Å². The number of carbonyl (C=O) groups excluding carboxylic acids is 2. The van der Waals surface area contributed by atoms with Crippen LogP contribution < -0.4 is 0 Å². The fraction of sp³-hybridized carbons (Fsp3) is 0.488. The molecule has 48 heavy (non-hydrogen) atoms. The van der Waals surface area contributed by atoms with E-state index in [1.165, 1.54) is 97.2 Å². The van der Waals surface area contributed by atoms with Gasteiger partial charge in [-0.2, -0.15) is 0 Å². The summed E-state index contributed by atoms with van der Waals surface area (Å²) in [6.45, 7) is 16.7. The average Bonchev–Trinajstić information content (AvgIpc) is 3.13. The maximum atomic E-state index is 9.48. The molecule has 0 saturated heterocycles. The SMILES string of the molecule is C=C(C)CC(COC)C1CCC(c2ccc3cc(-c4ccc(CCCCC)c(CCC)c4)ccc3c2)CC1.C=C(C=O)CO.C=O.CO. The van der Waals surface area contributed by atoms with Crippen molar-refractivity contribution in [2.45, 2.75) is 97.3 Å². The summed E-state index contributed by atoms with van der Waals surface area (Å²) in [4.78, 5) is 17.5. The fourth-order valence-electron chi connectivity index (χ4n) is 6.80. The van der Waals surface area contributed by atoms with Crippen LogP contribution >= 0.6 is 0 Å². The minimum absolute atomic E-state index is 0.218. The maximum Gasteiger partial charge on any atom is 0.147 e. The van der Waals surface area contributed by atoms with Gasteiger partial charge in [-0.15, -0.1) is 6.58 Å². The number of aldehydes is 1. The van der Waals surface area contributed by atoms with Gasteiger partial charge in [0.2, 0.25) is 0 Å². The van der Waals surface area contributed by atoms with E-state index in [1.54, 1.807) is 11.1 Å². The number of benzene rings is 3. The van der Waals surface area contributed by atoms with Crippen LogP contribution in [0.2, 0.25) is 0 Å². The van der Waals surface area contributed by atoms with Gasteiger partial charge in [-0.1, -0.05) is 93.8 Å². The van der Waals surface area contributed by atoms with Crippen LogP contribution in [0.1, 0.15) is 101 Å². The average molecular weight is 659 g/mol. The topological polar surface area (TPSA) is 83.8 Å². The molecule has 0 aliphatic heterocycles. The number of hydrogen-bond acceptors (Lipinski definition) is 5. The Labute approximate surface area is 291 Å². The van der Waals surface area contributed by atoms with Crippen molar-refractivity contribution in [3.63, 3.8) is 0 Å². The zero-order valence-corrected chi connectivity index (χ0v) is 30.4. The Morgan fingerprint density at radius 2 is 1.48 bits per heavy atom. The van der Waals surface area contributed by atoms with Gasteiger partial charge in [0.15, 0.2) is 0 Å². The molecule has 1 fully saturated rings. The van der Waals surface area contributed by atoms with Crippen molar-refractivity contribution in [2.75, 3.05) is 27.4 Å². The van der Waals surface area contributed by atoms with Crippen molar-refractivity contribution < 1.29 is 24.5 Å². The highest BCUT2D eigenvalue weighted by atomic mass is 16.5. The molecule has 0 bridgehead atoms. The molecule has 4 rings (SSSR count). The third-order valence-corrected chi connectivity index (χ3v) is 9.24. The molecular formula is C43H62O5. The number of aliphatic hydroxyl groups is 2. The number of carbonyl (C=O) groups is 2. The Morgan fingerprint density at radius 1 is 0.854 bits per heavy atom. The van der Waals surface area contributed by atoms with E-state index >= 15 is 0 Å². The summed E-state index contributed by atoms with van der Waals surface area (Å²) in [5.74, 6) is 2.07. The molecule has 0 amide bonds. The monoisotopic (exact) mass is 658 g/mol. The van der Waals surface area contributed by atoms with Gasteiger partial charge in [0.05, 0.1) is 6.61 Å². The van der Waals surface area contributed by atoms with E-state index in [1.807, 2.05) is 13.9 Å². The van der Waals surface area contributed by atoms with Crippen LogP contribution in [-0.2, 0) is 27.2 Å². The Kier molecular flexibility index (Phi) is 22.0. The second-order valence-corrected chi connectivity index (χ2v) is 12.9. The predicted molar refractivity (Wildman–Crippen MR) is 204 cm³/mol. The van der Waals surface area contributed by atoms with Gasteiger partial charge in [0.25, 0.3) is 0 Å². The number of fused-ring (bicyclic) bond motifs is 1. The van der Waals surface area contributed by atoms with Crippen LogP contribution in [0.3, 0.4) is 0 Å². The summed E-state index contributed by atoms with van der Waals surface area (Å²) in [6, 6.07) is 21.5. The summed E-state index contributed by atoms with van der Waals surface area (Å²) >= 11 is 0. The minimum Gasteiger partial charge on any atom is -0.400 e. The van der Waals surface area contributed by atoms with Gasteiger partial charge in [-0.3, -0.25) is 4.79 Å². The lowest BCUT2D eigenvalue weighted by Gasteiger charge is -2.34. The Balaban J connectivity index is 0.00000102. The second kappa shape index (κ2) is 24.7. The van der Waals surface area contributed by atoms with Gasteiger partial charge in [-0.25, -0.2) is 0 Å². The molecule has 0 spiro atoms. The number of ether oxygens (including phenoxy) is 1. The van der Waals surface area contributed by atoms with Crippen LogP contribution in [0.25, 0.3) is 21.9 Å². The van der Waals surface area contributed by atoms with E-state index in [-0.39, 0.29) is 12.2 Å². The highest BCUT2D eigenvalue weighted by molar-refractivity contribution is 5.88. The first-order valence-corrected chi connectivity index (χ1v) is 17.6. The third kappa shape index (κ3) is 14.0. The normalized spacial score (nSPS) is 15.8. The van der Waals surface area contributed by atoms with Crippen molar-refractivity contribution in [2.24, 2.45) is 11.8 Å². The quantitative estimate of drug-likeness (QED) is 0.0735. The highest BCUT2D eigenvalue weighted by Gasteiger charge is 2.28. The van der Waals surface area contributed by atoms with Crippen molar-refractivity contribution >= 4 is 23.8 Å². The first-order valence-electron chi connectivity index (χ1n) is 17.6. The molecule has 0 aromatic heterocycles. The number of unbranched alkanes of at least 4 members (excludes halogenated alkanes) is 2. The molecule has 5 heteroatoms. The smallest absolute Gasteiger partial charge is 0.147 e. The number of rotatable bonds is 15. The second-order valence-electron chi connectivity index (χ2n) is 12.9. The van der Waals surface area contributed by atoms with Crippen LogP contribution in [0.4, 0.5) is 0 Å². The largest absolute Gasteiger partial charge is 0.400 e.